The third-order valence-corrected chi connectivity index (χ3v) is 1.69. The van der Waals surface area contributed by atoms with E-state index in [2.05, 4.69) is 0 Å². The molecule has 1 aliphatic carbocycles. The first kappa shape index (κ1) is 6.51. The number of carbonyl (C=O) groups is 1. The molecule has 9 heavy (non-hydrogen) atoms. The molecule has 0 atom stereocenters. The lowest BCUT2D eigenvalue weighted by atomic mass is 9.75. The van der Waals surface area contributed by atoms with Gasteiger partial charge in [0.05, 0.1) is 6.10 Å². The smallest absolute Gasteiger partial charge is 0.237 e. The van der Waals surface area contributed by atoms with Gasteiger partial charge >= 0.3 is 0 Å². The van der Waals surface area contributed by atoms with Crippen LogP contribution in [0.5, 0.6) is 0 Å². The monoisotopic (exact) mass is 130 g/mol. The van der Waals surface area contributed by atoms with Crippen molar-refractivity contribution in [3.8, 4) is 0 Å². The predicted octanol–water partition coefficient (Wildman–Crippen LogP) is -1.68. The van der Waals surface area contributed by atoms with Gasteiger partial charge in [-0.3, -0.25) is 4.79 Å². The lowest BCUT2D eigenvalue weighted by molar-refractivity contribution is -0.130. The fraction of sp³-hybridized carbons (Fsp3) is 0.800. The molecule has 0 bridgehead atoms. The molecule has 4 nitrogen and oxygen atoms in total. The number of rotatable bonds is 1. The molecular formula is C5H10N2O2. The molecule has 52 valence electrons. The van der Waals surface area contributed by atoms with Crippen molar-refractivity contribution in [3.63, 3.8) is 0 Å². The van der Waals surface area contributed by atoms with Crippen molar-refractivity contribution in [1.82, 2.24) is 0 Å². The van der Waals surface area contributed by atoms with Gasteiger partial charge in [-0.05, 0) is 0 Å². The van der Waals surface area contributed by atoms with Crippen LogP contribution in [0.25, 0.3) is 0 Å². The number of amides is 1. The van der Waals surface area contributed by atoms with Crippen LogP contribution in [0.4, 0.5) is 0 Å². The highest BCUT2D eigenvalue weighted by atomic mass is 16.3. The van der Waals surface area contributed by atoms with Crippen molar-refractivity contribution in [2.45, 2.75) is 24.5 Å². The molecular weight excluding hydrogens is 120 g/mol. The summed E-state index contributed by atoms with van der Waals surface area (Å²) in [4.78, 5) is 10.4. The van der Waals surface area contributed by atoms with Crippen LogP contribution >= 0.6 is 0 Å². The van der Waals surface area contributed by atoms with Gasteiger partial charge in [0.15, 0.2) is 0 Å². The van der Waals surface area contributed by atoms with Crippen LogP contribution in [0.1, 0.15) is 12.8 Å². The van der Waals surface area contributed by atoms with E-state index in [0.29, 0.717) is 12.8 Å². The molecule has 1 saturated carbocycles. The van der Waals surface area contributed by atoms with Gasteiger partial charge in [0, 0.05) is 12.8 Å². The standard InChI is InChI=1S/C5H10N2O2/c6-4(9)5(7)1-3(8)2-5/h3,8H,1-2,7H2,(H2,6,9). The molecule has 1 aliphatic rings. The van der Waals surface area contributed by atoms with Crippen molar-refractivity contribution >= 4 is 5.91 Å². The van der Waals surface area contributed by atoms with Crippen molar-refractivity contribution in [1.29, 1.82) is 0 Å². The molecule has 0 unspecified atom stereocenters. The average Bonchev–Trinajstić information content (AvgIpc) is 1.62. The number of carbonyl (C=O) groups excluding carboxylic acids is 1. The highest BCUT2D eigenvalue weighted by molar-refractivity contribution is 5.85. The Balaban J connectivity index is 2.50. The Morgan fingerprint density at radius 1 is 1.67 bits per heavy atom. The van der Waals surface area contributed by atoms with Crippen LogP contribution in [-0.4, -0.2) is 22.7 Å². The van der Waals surface area contributed by atoms with Gasteiger partial charge < -0.3 is 16.6 Å². The Bertz CT molecular complexity index is 140. The van der Waals surface area contributed by atoms with Gasteiger partial charge in [-0.25, -0.2) is 0 Å². The summed E-state index contributed by atoms with van der Waals surface area (Å²) >= 11 is 0. The number of hydrogen-bond donors (Lipinski definition) is 3. The number of aliphatic hydroxyl groups excluding tert-OH is 1. The molecule has 1 fully saturated rings. The minimum atomic E-state index is -0.917. The van der Waals surface area contributed by atoms with Crippen LogP contribution in [0.2, 0.25) is 0 Å². The Labute approximate surface area is 52.8 Å². The second kappa shape index (κ2) is 1.68. The molecule has 5 N–H and O–H groups in total. The SMILES string of the molecule is NC(=O)C1(N)CC(O)C1. The molecule has 0 aliphatic heterocycles. The summed E-state index contributed by atoms with van der Waals surface area (Å²) in [5, 5.41) is 8.74. The fourth-order valence-electron chi connectivity index (χ4n) is 0.982. The minimum absolute atomic E-state index is 0.308. The van der Waals surface area contributed by atoms with Gasteiger partial charge in [-0.2, -0.15) is 0 Å². The van der Waals surface area contributed by atoms with E-state index in [1.807, 2.05) is 0 Å². The van der Waals surface area contributed by atoms with Crippen LogP contribution in [0, 0.1) is 0 Å². The van der Waals surface area contributed by atoms with Gasteiger partial charge in [0.25, 0.3) is 0 Å². The molecule has 0 heterocycles. The fourth-order valence-corrected chi connectivity index (χ4v) is 0.982. The van der Waals surface area contributed by atoms with Gasteiger partial charge in [0.1, 0.15) is 5.54 Å². The van der Waals surface area contributed by atoms with Crippen molar-refractivity contribution in [2.24, 2.45) is 11.5 Å². The van der Waals surface area contributed by atoms with Crippen LogP contribution < -0.4 is 11.5 Å². The third-order valence-electron chi connectivity index (χ3n) is 1.69. The number of aliphatic hydroxyl groups is 1. The Hall–Kier alpha value is -0.610. The van der Waals surface area contributed by atoms with E-state index in [1.165, 1.54) is 0 Å². The summed E-state index contributed by atoms with van der Waals surface area (Å²) in [6.45, 7) is 0. The normalized spacial score (nSPS) is 41.8. The van der Waals surface area contributed by atoms with E-state index in [1.54, 1.807) is 0 Å². The molecule has 0 aromatic rings. The Kier molecular flexibility index (Phi) is 1.22. The maximum atomic E-state index is 10.4. The summed E-state index contributed by atoms with van der Waals surface area (Å²) in [7, 11) is 0. The van der Waals surface area contributed by atoms with E-state index in [-0.39, 0.29) is 0 Å². The number of hydrogen-bond acceptors (Lipinski definition) is 3. The second-order valence-corrected chi connectivity index (χ2v) is 2.58. The first-order valence-corrected chi connectivity index (χ1v) is 2.81. The summed E-state index contributed by atoms with van der Waals surface area (Å²) in [5.74, 6) is -0.521. The van der Waals surface area contributed by atoms with Crippen LogP contribution in [0.15, 0.2) is 0 Å². The van der Waals surface area contributed by atoms with E-state index in [9.17, 15) is 4.79 Å². The molecule has 4 heteroatoms. The topological polar surface area (TPSA) is 89.3 Å². The second-order valence-electron chi connectivity index (χ2n) is 2.58. The van der Waals surface area contributed by atoms with E-state index < -0.39 is 17.6 Å². The summed E-state index contributed by atoms with van der Waals surface area (Å²) in [5.41, 5.74) is 9.40. The zero-order chi connectivity index (χ0) is 7.07. The van der Waals surface area contributed by atoms with Crippen LogP contribution in [-0.2, 0) is 4.79 Å². The molecule has 0 aromatic heterocycles. The first-order chi connectivity index (χ1) is 4.04. The van der Waals surface area contributed by atoms with Crippen molar-refractivity contribution < 1.29 is 9.90 Å². The highest BCUT2D eigenvalue weighted by Gasteiger charge is 2.44. The molecule has 0 saturated heterocycles. The van der Waals surface area contributed by atoms with Crippen LogP contribution in [0.3, 0.4) is 0 Å². The summed E-state index contributed by atoms with van der Waals surface area (Å²) in [6.07, 6.45) is 0.187. The average molecular weight is 130 g/mol. The quantitative estimate of drug-likeness (QED) is 0.396. The largest absolute Gasteiger partial charge is 0.393 e. The van der Waals surface area contributed by atoms with Crippen molar-refractivity contribution in [2.75, 3.05) is 0 Å². The maximum Gasteiger partial charge on any atom is 0.237 e. The molecule has 0 spiro atoms. The minimum Gasteiger partial charge on any atom is -0.393 e. The lowest BCUT2D eigenvalue weighted by Gasteiger charge is -2.38. The molecule has 0 radical (unpaired) electrons. The van der Waals surface area contributed by atoms with Gasteiger partial charge in [-0.15, -0.1) is 0 Å². The van der Waals surface area contributed by atoms with Gasteiger partial charge in [0.2, 0.25) is 5.91 Å². The van der Waals surface area contributed by atoms with Crippen molar-refractivity contribution in [3.05, 3.63) is 0 Å². The zero-order valence-electron chi connectivity index (χ0n) is 5.00. The third kappa shape index (κ3) is 0.906. The summed E-state index contributed by atoms with van der Waals surface area (Å²) in [6, 6.07) is 0. The zero-order valence-corrected chi connectivity index (χ0v) is 5.00. The Morgan fingerprint density at radius 2 is 2.11 bits per heavy atom. The number of nitrogens with two attached hydrogens (primary N) is 2. The van der Waals surface area contributed by atoms with E-state index in [4.69, 9.17) is 16.6 Å². The summed E-state index contributed by atoms with van der Waals surface area (Å²) < 4.78 is 0. The van der Waals surface area contributed by atoms with Gasteiger partial charge in [-0.1, -0.05) is 0 Å². The predicted molar refractivity (Wildman–Crippen MR) is 31.4 cm³/mol. The highest BCUT2D eigenvalue weighted by Crippen LogP contribution is 2.28. The number of primary amides is 1. The van der Waals surface area contributed by atoms with E-state index in [0.717, 1.165) is 0 Å². The molecule has 1 rings (SSSR count). The van der Waals surface area contributed by atoms with E-state index >= 15 is 0 Å². The lowest BCUT2D eigenvalue weighted by Crippen LogP contribution is -2.62. The molecule has 1 amide bonds. The maximum absolute atomic E-state index is 10.4. The Morgan fingerprint density at radius 3 is 2.22 bits per heavy atom. The molecule has 0 aromatic carbocycles. The first-order valence-electron chi connectivity index (χ1n) is 2.81.